The average molecular weight is 443 g/mol. The topological polar surface area (TPSA) is 103 Å². The van der Waals surface area contributed by atoms with Gasteiger partial charge < -0.3 is 15.5 Å². The standard InChI is InChI=1S/C24H26N8O/c1-24(21(33)25-17-7-3-2-4-8-17)12-6-14-32(24)23-27-20-9-5-13-31(20)22(28-23)26-19-15-18(29-30-19)16-10-11-16/h2-5,7-9,13,15-16H,6,10-12,14H2,1H3,(H,25,33)(H2,26,27,28,29,30)/t24-/m0/s1. The van der Waals surface area contributed by atoms with E-state index in [1.807, 2.05) is 71.0 Å². The van der Waals surface area contributed by atoms with Gasteiger partial charge in [-0.15, -0.1) is 0 Å². The van der Waals surface area contributed by atoms with E-state index in [9.17, 15) is 4.79 Å². The zero-order chi connectivity index (χ0) is 22.4. The molecule has 0 bridgehead atoms. The number of hydrogen-bond donors (Lipinski definition) is 3. The van der Waals surface area contributed by atoms with Gasteiger partial charge in [-0.2, -0.15) is 15.1 Å². The van der Waals surface area contributed by atoms with Crippen molar-refractivity contribution in [2.45, 2.75) is 44.1 Å². The smallest absolute Gasteiger partial charge is 0.250 e. The van der Waals surface area contributed by atoms with Crippen molar-refractivity contribution >= 4 is 35.0 Å². The van der Waals surface area contributed by atoms with E-state index in [2.05, 4.69) is 20.8 Å². The van der Waals surface area contributed by atoms with E-state index < -0.39 is 5.54 Å². The summed E-state index contributed by atoms with van der Waals surface area (Å²) in [4.78, 5) is 25.0. The molecule has 0 spiro atoms. The summed E-state index contributed by atoms with van der Waals surface area (Å²) >= 11 is 0. The zero-order valence-electron chi connectivity index (χ0n) is 18.5. The second-order valence-electron chi connectivity index (χ2n) is 9.04. The van der Waals surface area contributed by atoms with Crippen LogP contribution < -0.4 is 15.5 Å². The molecule has 0 radical (unpaired) electrons. The van der Waals surface area contributed by atoms with E-state index in [1.54, 1.807) is 0 Å². The predicted octanol–water partition coefficient (Wildman–Crippen LogP) is 4.07. The lowest BCUT2D eigenvalue weighted by atomic mass is 9.97. The number of rotatable bonds is 6. The number of nitrogens with one attached hydrogen (secondary N) is 3. The van der Waals surface area contributed by atoms with Crippen molar-refractivity contribution in [1.82, 2.24) is 24.6 Å². The molecule has 9 nitrogen and oxygen atoms in total. The summed E-state index contributed by atoms with van der Waals surface area (Å²) in [5.41, 5.74) is 1.95. The van der Waals surface area contributed by atoms with Crippen molar-refractivity contribution in [2.24, 2.45) is 0 Å². The van der Waals surface area contributed by atoms with Crippen LogP contribution in [0.25, 0.3) is 5.65 Å². The summed E-state index contributed by atoms with van der Waals surface area (Å²) in [7, 11) is 0. The van der Waals surface area contributed by atoms with Crippen LogP contribution in [-0.2, 0) is 4.79 Å². The maximum absolute atomic E-state index is 13.3. The Balaban J connectivity index is 1.32. The Hall–Kier alpha value is -3.88. The summed E-state index contributed by atoms with van der Waals surface area (Å²) in [6.07, 6.45) is 5.95. The SMILES string of the molecule is C[C@@]1(C(=O)Nc2ccccc2)CCCN1c1nc(Nc2cc(C3CC3)[nH]n2)n2cccc2n1. The van der Waals surface area contributed by atoms with Crippen molar-refractivity contribution in [1.29, 1.82) is 0 Å². The van der Waals surface area contributed by atoms with Crippen molar-refractivity contribution in [3.63, 3.8) is 0 Å². The number of H-pyrrole nitrogens is 1. The second-order valence-corrected chi connectivity index (χ2v) is 9.04. The lowest BCUT2D eigenvalue weighted by molar-refractivity contribution is -0.120. The minimum atomic E-state index is -0.747. The van der Waals surface area contributed by atoms with Gasteiger partial charge >= 0.3 is 0 Å². The molecule has 3 N–H and O–H groups in total. The Morgan fingerprint density at radius 3 is 2.82 bits per heavy atom. The fraction of sp³-hybridized carbons (Fsp3) is 0.333. The van der Waals surface area contributed by atoms with E-state index in [4.69, 9.17) is 9.97 Å². The molecular weight excluding hydrogens is 416 g/mol. The molecule has 1 atom stereocenters. The molecule has 1 amide bonds. The van der Waals surface area contributed by atoms with Crippen LogP contribution >= 0.6 is 0 Å². The van der Waals surface area contributed by atoms with Crippen molar-refractivity contribution in [2.75, 3.05) is 22.1 Å². The van der Waals surface area contributed by atoms with E-state index in [-0.39, 0.29) is 5.91 Å². The van der Waals surface area contributed by atoms with Gasteiger partial charge in [0, 0.05) is 36.1 Å². The third-order valence-electron chi connectivity index (χ3n) is 6.63. The fourth-order valence-electron chi connectivity index (χ4n) is 4.55. The molecule has 0 unspecified atom stereocenters. The number of anilines is 4. The number of para-hydroxylation sites is 1. The highest BCUT2D eigenvalue weighted by Gasteiger charge is 2.45. The third-order valence-corrected chi connectivity index (χ3v) is 6.63. The van der Waals surface area contributed by atoms with Crippen LogP contribution in [0, 0.1) is 0 Å². The number of carbonyl (C=O) groups is 1. The molecule has 2 fully saturated rings. The molecule has 1 saturated carbocycles. The first kappa shape index (κ1) is 19.8. The molecule has 33 heavy (non-hydrogen) atoms. The first-order chi connectivity index (χ1) is 16.1. The van der Waals surface area contributed by atoms with Gasteiger partial charge in [-0.05, 0) is 56.9 Å². The van der Waals surface area contributed by atoms with Gasteiger partial charge in [0.25, 0.3) is 0 Å². The van der Waals surface area contributed by atoms with Crippen LogP contribution in [0.3, 0.4) is 0 Å². The number of fused-ring (bicyclic) bond motifs is 1. The first-order valence-corrected chi connectivity index (χ1v) is 11.4. The molecule has 9 heteroatoms. The van der Waals surface area contributed by atoms with E-state index >= 15 is 0 Å². The van der Waals surface area contributed by atoms with Gasteiger partial charge in [-0.1, -0.05) is 18.2 Å². The van der Waals surface area contributed by atoms with E-state index in [0.717, 1.165) is 35.7 Å². The molecular formula is C24H26N8O. The molecule has 2 aliphatic rings. The van der Waals surface area contributed by atoms with Crippen LogP contribution in [0.1, 0.15) is 44.2 Å². The Morgan fingerprint density at radius 2 is 2.00 bits per heavy atom. The molecule has 1 aromatic carbocycles. The summed E-state index contributed by atoms with van der Waals surface area (Å²) in [6.45, 7) is 2.68. The molecule has 3 aromatic heterocycles. The van der Waals surface area contributed by atoms with Gasteiger partial charge in [-0.25, -0.2) is 0 Å². The summed E-state index contributed by atoms with van der Waals surface area (Å²) in [5.74, 6) is 2.41. The molecule has 1 aliphatic carbocycles. The minimum Gasteiger partial charge on any atom is -0.326 e. The average Bonchev–Trinajstić information content (AvgIpc) is 3.20. The number of aromatic nitrogens is 5. The highest BCUT2D eigenvalue weighted by Crippen LogP contribution is 2.40. The second kappa shape index (κ2) is 7.61. The van der Waals surface area contributed by atoms with E-state index in [0.29, 0.717) is 24.4 Å². The van der Waals surface area contributed by atoms with Crippen molar-refractivity contribution < 1.29 is 4.79 Å². The lowest BCUT2D eigenvalue weighted by Crippen LogP contribution is -2.51. The number of hydrogen-bond acceptors (Lipinski definition) is 6. The van der Waals surface area contributed by atoms with Crippen LogP contribution in [0.15, 0.2) is 54.7 Å². The first-order valence-electron chi connectivity index (χ1n) is 11.4. The number of carbonyl (C=O) groups excluding carboxylic acids is 1. The van der Waals surface area contributed by atoms with Gasteiger partial charge in [-0.3, -0.25) is 14.3 Å². The molecule has 4 aromatic rings. The molecule has 1 aliphatic heterocycles. The maximum atomic E-state index is 13.3. The van der Waals surface area contributed by atoms with Crippen LogP contribution in [-0.4, -0.2) is 42.6 Å². The number of amides is 1. The fourth-order valence-corrected chi connectivity index (χ4v) is 4.55. The van der Waals surface area contributed by atoms with Gasteiger partial charge in [0.05, 0.1) is 0 Å². The highest BCUT2D eigenvalue weighted by atomic mass is 16.2. The Labute approximate surface area is 191 Å². The summed E-state index contributed by atoms with van der Waals surface area (Å²) in [5, 5.41) is 13.9. The maximum Gasteiger partial charge on any atom is 0.250 e. The molecule has 4 heterocycles. The predicted molar refractivity (Wildman–Crippen MR) is 127 cm³/mol. The summed E-state index contributed by atoms with van der Waals surface area (Å²) in [6, 6.07) is 15.5. The van der Waals surface area contributed by atoms with Gasteiger partial charge in [0.2, 0.25) is 17.8 Å². The lowest BCUT2D eigenvalue weighted by Gasteiger charge is -2.34. The molecule has 1 saturated heterocycles. The largest absolute Gasteiger partial charge is 0.326 e. The number of nitrogens with zero attached hydrogens (tertiary/aromatic N) is 5. The number of benzene rings is 1. The Bertz CT molecular complexity index is 1310. The molecule has 6 rings (SSSR count). The van der Waals surface area contributed by atoms with Crippen molar-refractivity contribution in [3.05, 3.63) is 60.4 Å². The van der Waals surface area contributed by atoms with Gasteiger partial charge in [0.15, 0.2) is 5.82 Å². The van der Waals surface area contributed by atoms with Crippen molar-refractivity contribution in [3.8, 4) is 0 Å². The summed E-state index contributed by atoms with van der Waals surface area (Å²) < 4.78 is 1.90. The number of aromatic amines is 1. The Morgan fingerprint density at radius 1 is 1.15 bits per heavy atom. The monoisotopic (exact) mass is 442 g/mol. The zero-order valence-corrected chi connectivity index (χ0v) is 18.5. The van der Waals surface area contributed by atoms with E-state index in [1.165, 1.54) is 12.8 Å². The highest BCUT2D eigenvalue weighted by molar-refractivity contribution is 6.00. The van der Waals surface area contributed by atoms with Gasteiger partial charge in [0.1, 0.15) is 11.2 Å². The molecule has 168 valence electrons. The minimum absolute atomic E-state index is 0.0547. The van der Waals surface area contributed by atoms with Crippen LogP contribution in [0.2, 0.25) is 0 Å². The van der Waals surface area contributed by atoms with Crippen LogP contribution in [0.5, 0.6) is 0 Å². The third kappa shape index (κ3) is 3.59. The van der Waals surface area contributed by atoms with Crippen LogP contribution in [0.4, 0.5) is 23.4 Å². The Kier molecular flexibility index (Phi) is 4.56. The normalized spacial score (nSPS) is 20.3. The quantitative estimate of drug-likeness (QED) is 0.416.